The first-order valence-corrected chi connectivity index (χ1v) is 14.2. The summed E-state index contributed by atoms with van der Waals surface area (Å²) in [6.45, 7) is -0.436. The Morgan fingerprint density at radius 2 is 1.41 bits per heavy atom. The van der Waals surface area contributed by atoms with Gasteiger partial charge in [0.2, 0.25) is 11.8 Å². The summed E-state index contributed by atoms with van der Waals surface area (Å²) in [7, 11) is 0. The first-order valence-electron chi connectivity index (χ1n) is 13.0. The summed E-state index contributed by atoms with van der Waals surface area (Å²) in [5, 5.41) is 14.1. The lowest BCUT2D eigenvalue weighted by molar-refractivity contribution is -0.135. The summed E-state index contributed by atoms with van der Waals surface area (Å²) in [4.78, 5) is 64.1. The minimum atomic E-state index is -1.25. The number of nitrogens with zero attached hydrogens (tertiary/aromatic N) is 1. The van der Waals surface area contributed by atoms with Crippen molar-refractivity contribution in [2.24, 2.45) is 0 Å². The zero-order chi connectivity index (χ0) is 29.4. The molecule has 0 bridgehead atoms. The van der Waals surface area contributed by atoms with Crippen LogP contribution in [-0.2, 0) is 20.8 Å². The van der Waals surface area contributed by atoms with Gasteiger partial charge in [-0.3, -0.25) is 34.1 Å². The van der Waals surface area contributed by atoms with Gasteiger partial charge < -0.3 is 10.6 Å². The first-order chi connectivity index (χ1) is 19.8. The van der Waals surface area contributed by atoms with E-state index in [9.17, 15) is 24.0 Å². The average Bonchev–Trinajstić information content (AvgIpc) is 3.25. The first kappa shape index (κ1) is 29.5. The van der Waals surface area contributed by atoms with Crippen molar-refractivity contribution in [3.63, 3.8) is 0 Å². The van der Waals surface area contributed by atoms with E-state index in [1.165, 1.54) is 10.4 Å². The summed E-state index contributed by atoms with van der Waals surface area (Å²) < 4.78 is 0. The number of carbonyl (C=O) groups excluding carboxylic acids is 5. The van der Waals surface area contributed by atoms with Crippen molar-refractivity contribution in [1.82, 2.24) is 21.0 Å². The summed E-state index contributed by atoms with van der Waals surface area (Å²) in [5.74, 6) is -2.87. The largest absolute Gasteiger partial charge is 0.353 e. The fourth-order valence-electron chi connectivity index (χ4n) is 4.42. The molecule has 0 aliphatic carbocycles. The van der Waals surface area contributed by atoms with Gasteiger partial charge in [-0.1, -0.05) is 48.5 Å². The van der Waals surface area contributed by atoms with Crippen LogP contribution in [0.2, 0.25) is 0 Å². The highest BCUT2D eigenvalue weighted by molar-refractivity contribution is 7.98. The molecule has 0 spiro atoms. The van der Waals surface area contributed by atoms with Crippen LogP contribution >= 0.6 is 11.8 Å². The Morgan fingerprint density at radius 1 is 0.829 bits per heavy atom. The molecule has 0 unspecified atom stereocenters. The number of benzene rings is 3. The zero-order valence-electron chi connectivity index (χ0n) is 22.4. The normalized spacial score (nSPS) is 13.0. The lowest BCUT2D eigenvalue weighted by Crippen LogP contribution is -2.52. The molecule has 3 aromatic rings. The van der Waals surface area contributed by atoms with Crippen LogP contribution in [0.1, 0.15) is 39.1 Å². The van der Waals surface area contributed by atoms with Crippen molar-refractivity contribution < 1.29 is 29.2 Å². The number of nitrogens with one attached hydrogen (secondary N) is 3. The third kappa shape index (κ3) is 7.38. The van der Waals surface area contributed by atoms with Crippen molar-refractivity contribution in [3.05, 3.63) is 89.5 Å². The van der Waals surface area contributed by atoms with Gasteiger partial charge in [-0.15, -0.1) is 11.8 Å². The SMILES string of the molecule is CSc1ccc(-c2ccc(CCC(=O)NC[C@H](NC(=O)CCN3C(=O)c4ccccc4C3=O)C(=O)NO)cc2)cc1. The van der Waals surface area contributed by atoms with Crippen LogP contribution in [0.15, 0.2) is 77.7 Å². The van der Waals surface area contributed by atoms with E-state index in [0.717, 1.165) is 21.6 Å². The maximum atomic E-state index is 12.5. The molecule has 212 valence electrons. The van der Waals surface area contributed by atoms with Crippen molar-refractivity contribution >= 4 is 41.3 Å². The van der Waals surface area contributed by atoms with Crippen molar-refractivity contribution in [2.45, 2.75) is 30.2 Å². The topological polar surface area (TPSA) is 145 Å². The van der Waals surface area contributed by atoms with Crippen LogP contribution in [0, 0.1) is 0 Å². The monoisotopic (exact) mass is 574 g/mol. The third-order valence-corrected chi connectivity index (χ3v) is 7.47. The average molecular weight is 575 g/mol. The van der Waals surface area contributed by atoms with E-state index in [-0.39, 0.29) is 43.0 Å². The van der Waals surface area contributed by atoms with Gasteiger partial charge in [-0.05, 0) is 53.6 Å². The van der Waals surface area contributed by atoms with Crippen molar-refractivity contribution in [2.75, 3.05) is 19.3 Å². The number of thioether (sulfide) groups is 1. The zero-order valence-corrected chi connectivity index (χ0v) is 23.2. The molecule has 0 saturated carbocycles. The number of carbonyl (C=O) groups is 5. The van der Waals surface area contributed by atoms with Crippen LogP contribution in [-0.4, -0.2) is 65.0 Å². The molecular formula is C30H30N4O6S. The number of amides is 5. The standard InChI is InChI=1S/C30H30N4O6S/c1-41-22-13-11-21(12-14-22)20-9-6-19(7-10-20)8-15-26(35)31-18-25(28(37)33-40)32-27(36)16-17-34-29(38)23-4-2-3-5-24(23)30(34)39/h2-7,9-14,25,40H,8,15-18H2,1H3,(H,31,35)(H,32,36)(H,33,37)/t25-/m0/s1. The molecule has 4 N–H and O–H groups in total. The molecule has 5 amide bonds. The van der Waals surface area contributed by atoms with E-state index in [4.69, 9.17) is 5.21 Å². The molecule has 41 heavy (non-hydrogen) atoms. The predicted molar refractivity (Wildman–Crippen MR) is 153 cm³/mol. The lowest BCUT2D eigenvalue weighted by Gasteiger charge is -2.19. The Hall–Kier alpha value is -4.48. The molecule has 0 radical (unpaired) electrons. The molecule has 10 nitrogen and oxygen atoms in total. The Balaban J connectivity index is 1.23. The van der Waals surface area contributed by atoms with Crippen molar-refractivity contribution in [3.8, 4) is 11.1 Å². The maximum absolute atomic E-state index is 12.5. The number of imide groups is 1. The predicted octanol–water partition coefficient (Wildman–Crippen LogP) is 2.80. The summed E-state index contributed by atoms with van der Waals surface area (Å²) >= 11 is 1.68. The number of fused-ring (bicyclic) bond motifs is 1. The minimum absolute atomic E-state index is 0.156. The number of hydroxylamine groups is 1. The second-order valence-electron chi connectivity index (χ2n) is 9.38. The molecule has 1 aliphatic rings. The number of hydrogen-bond donors (Lipinski definition) is 4. The van der Waals surface area contributed by atoms with Crippen LogP contribution in [0.4, 0.5) is 0 Å². The number of aryl methyl sites for hydroxylation is 1. The van der Waals surface area contributed by atoms with Gasteiger partial charge in [-0.25, -0.2) is 5.48 Å². The summed E-state index contributed by atoms with van der Waals surface area (Å²) in [5.41, 5.74) is 5.16. The van der Waals surface area contributed by atoms with E-state index >= 15 is 0 Å². The fraction of sp³-hybridized carbons (Fsp3) is 0.233. The van der Waals surface area contributed by atoms with E-state index in [0.29, 0.717) is 6.42 Å². The third-order valence-electron chi connectivity index (χ3n) is 6.72. The van der Waals surface area contributed by atoms with E-state index in [2.05, 4.69) is 34.9 Å². The van der Waals surface area contributed by atoms with E-state index in [1.54, 1.807) is 36.0 Å². The molecule has 1 heterocycles. The maximum Gasteiger partial charge on any atom is 0.267 e. The van der Waals surface area contributed by atoms with E-state index in [1.807, 2.05) is 30.5 Å². The highest BCUT2D eigenvalue weighted by Crippen LogP contribution is 2.24. The Kier molecular flexibility index (Phi) is 9.88. The summed E-state index contributed by atoms with van der Waals surface area (Å²) in [6.07, 6.45) is 2.40. The second-order valence-corrected chi connectivity index (χ2v) is 10.3. The van der Waals surface area contributed by atoms with Crippen LogP contribution < -0.4 is 16.1 Å². The van der Waals surface area contributed by atoms with E-state index < -0.39 is 29.7 Å². The highest BCUT2D eigenvalue weighted by atomic mass is 32.2. The van der Waals surface area contributed by atoms with Crippen LogP contribution in [0.3, 0.4) is 0 Å². The van der Waals surface area contributed by atoms with Gasteiger partial charge in [-0.2, -0.15) is 0 Å². The van der Waals surface area contributed by atoms with Crippen LogP contribution in [0.25, 0.3) is 11.1 Å². The Labute approximate surface area is 241 Å². The molecule has 1 aliphatic heterocycles. The summed E-state index contributed by atoms with van der Waals surface area (Å²) in [6, 6.07) is 21.3. The molecule has 0 saturated heterocycles. The lowest BCUT2D eigenvalue weighted by atomic mass is 10.0. The quantitative estimate of drug-likeness (QED) is 0.113. The van der Waals surface area contributed by atoms with Gasteiger partial charge in [0.15, 0.2) is 0 Å². The van der Waals surface area contributed by atoms with Gasteiger partial charge in [0.1, 0.15) is 6.04 Å². The Bertz CT molecular complexity index is 1410. The van der Waals surface area contributed by atoms with Crippen LogP contribution in [0.5, 0.6) is 0 Å². The molecule has 4 rings (SSSR count). The van der Waals surface area contributed by atoms with Gasteiger partial charge in [0.25, 0.3) is 17.7 Å². The fourth-order valence-corrected chi connectivity index (χ4v) is 4.83. The molecule has 11 heteroatoms. The van der Waals surface area contributed by atoms with Gasteiger partial charge in [0, 0.05) is 30.8 Å². The molecule has 0 fully saturated rings. The van der Waals surface area contributed by atoms with Gasteiger partial charge in [0.05, 0.1) is 11.1 Å². The number of rotatable bonds is 12. The second kappa shape index (κ2) is 13.7. The smallest absolute Gasteiger partial charge is 0.267 e. The minimum Gasteiger partial charge on any atom is -0.353 e. The number of hydrogen-bond acceptors (Lipinski definition) is 7. The molecule has 1 atom stereocenters. The van der Waals surface area contributed by atoms with Crippen molar-refractivity contribution in [1.29, 1.82) is 0 Å². The molecule has 3 aromatic carbocycles. The molecular weight excluding hydrogens is 544 g/mol. The van der Waals surface area contributed by atoms with Gasteiger partial charge >= 0.3 is 0 Å². The molecule has 0 aromatic heterocycles. The highest BCUT2D eigenvalue weighted by Gasteiger charge is 2.35. The Morgan fingerprint density at radius 3 is 1.98 bits per heavy atom.